The van der Waals surface area contributed by atoms with Crippen LogP contribution in [0.2, 0.25) is 0 Å². The normalized spacial score (nSPS) is 11.7. The molecule has 158 valence electrons. The zero-order valence-corrected chi connectivity index (χ0v) is 17.0. The summed E-state index contributed by atoms with van der Waals surface area (Å²) in [6.07, 6.45) is 15.4. The second-order valence-electron chi connectivity index (χ2n) is 7.19. The number of unbranched alkanes of at least 4 members (excludes halogenated alkanes) is 11. The van der Waals surface area contributed by atoms with Crippen LogP contribution in [-0.4, -0.2) is 35.5 Å². The number of nitrogens with two attached hydrogens (primary N) is 2. The van der Waals surface area contributed by atoms with Crippen LogP contribution in [0.25, 0.3) is 0 Å². The topological polar surface area (TPSA) is 131 Å². The number of amides is 1. The van der Waals surface area contributed by atoms with Gasteiger partial charge in [-0.25, -0.2) is 4.79 Å². The van der Waals surface area contributed by atoms with E-state index in [0.29, 0.717) is 6.42 Å². The van der Waals surface area contributed by atoms with E-state index < -0.39 is 12.0 Å². The molecule has 0 saturated heterocycles. The molecule has 0 aliphatic rings. The molecule has 0 fully saturated rings. The largest absolute Gasteiger partial charge is 0.480 e. The Kier molecular flexibility index (Phi) is 16.4. The molecule has 0 heterocycles. The second-order valence-corrected chi connectivity index (χ2v) is 7.19. The lowest BCUT2D eigenvalue weighted by Crippen LogP contribution is -2.41. The van der Waals surface area contributed by atoms with E-state index in [4.69, 9.17) is 16.6 Å². The van der Waals surface area contributed by atoms with E-state index in [1.807, 2.05) is 0 Å². The van der Waals surface area contributed by atoms with Gasteiger partial charge in [-0.15, -0.1) is 0 Å². The molecular weight excluding hydrogens is 344 g/mol. The number of nitrogens with zero attached hydrogens (tertiary/aromatic N) is 1. The van der Waals surface area contributed by atoms with Crippen LogP contribution in [0.1, 0.15) is 96.8 Å². The molecule has 0 saturated carbocycles. The smallest absolute Gasteiger partial charge is 0.326 e. The van der Waals surface area contributed by atoms with Crippen molar-refractivity contribution in [1.29, 1.82) is 0 Å². The Morgan fingerprint density at radius 1 is 0.889 bits per heavy atom. The van der Waals surface area contributed by atoms with Gasteiger partial charge in [0.1, 0.15) is 6.04 Å². The van der Waals surface area contributed by atoms with Crippen LogP contribution in [0.15, 0.2) is 4.99 Å². The molecular formula is C20H40N4O3. The first kappa shape index (κ1) is 25.2. The van der Waals surface area contributed by atoms with Crippen molar-refractivity contribution in [3.05, 3.63) is 0 Å². The van der Waals surface area contributed by atoms with Gasteiger partial charge >= 0.3 is 5.97 Å². The summed E-state index contributed by atoms with van der Waals surface area (Å²) in [4.78, 5) is 26.8. The first-order chi connectivity index (χ1) is 13.0. The Morgan fingerprint density at radius 2 is 1.37 bits per heavy atom. The van der Waals surface area contributed by atoms with Gasteiger partial charge in [0.25, 0.3) is 0 Å². The van der Waals surface area contributed by atoms with Gasteiger partial charge in [0.05, 0.1) is 0 Å². The minimum absolute atomic E-state index is 0.0815. The fourth-order valence-electron chi connectivity index (χ4n) is 2.97. The van der Waals surface area contributed by atoms with Crippen LogP contribution in [-0.2, 0) is 9.59 Å². The van der Waals surface area contributed by atoms with Gasteiger partial charge in [0.15, 0.2) is 5.96 Å². The van der Waals surface area contributed by atoms with Crippen molar-refractivity contribution < 1.29 is 14.7 Å². The summed E-state index contributed by atoms with van der Waals surface area (Å²) in [5, 5.41) is 11.7. The Hall–Kier alpha value is -1.79. The SMILES string of the molecule is CCCCCCCCCCCCCCC(=O)N[C@@H](CCN=C(N)N)C(=O)O. The van der Waals surface area contributed by atoms with E-state index >= 15 is 0 Å². The van der Waals surface area contributed by atoms with Gasteiger partial charge in [-0.3, -0.25) is 9.79 Å². The maximum absolute atomic E-state index is 11.9. The Morgan fingerprint density at radius 3 is 1.81 bits per heavy atom. The predicted octanol–water partition coefficient (Wildman–Crippen LogP) is 3.31. The number of carboxylic acids is 1. The quantitative estimate of drug-likeness (QED) is 0.164. The Bertz CT molecular complexity index is 423. The third kappa shape index (κ3) is 17.4. The highest BCUT2D eigenvalue weighted by atomic mass is 16.4. The van der Waals surface area contributed by atoms with E-state index in [0.717, 1.165) is 19.3 Å². The highest BCUT2D eigenvalue weighted by molar-refractivity contribution is 5.83. The van der Waals surface area contributed by atoms with Crippen molar-refractivity contribution in [3.63, 3.8) is 0 Å². The number of carbonyl (C=O) groups is 2. The summed E-state index contributed by atoms with van der Waals surface area (Å²) in [5.74, 6) is -1.37. The molecule has 0 unspecified atom stereocenters. The zero-order valence-electron chi connectivity index (χ0n) is 17.0. The van der Waals surface area contributed by atoms with E-state index in [-0.39, 0.29) is 24.8 Å². The lowest BCUT2D eigenvalue weighted by molar-refractivity contribution is -0.142. The number of carbonyl (C=O) groups excluding carboxylic acids is 1. The number of aliphatic imine (C=N–C) groups is 1. The maximum Gasteiger partial charge on any atom is 0.326 e. The fourth-order valence-corrected chi connectivity index (χ4v) is 2.97. The standard InChI is InChI=1S/C20H40N4O3/c1-2-3-4-5-6-7-8-9-10-11-12-13-14-18(25)24-17(19(26)27)15-16-23-20(21)22/h17H,2-16H2,1H3,(H,24,25)(H,26,27)(H4,21,22,23)/t17-/m0/s1. The molecule has 6 N–H and O–H groups in total. The summed E-state index contributed by atoms with van der Waals surface area (Å²) in [7, 11) is 0. The summed E-state index contributed by atoms with van der Waals surface area (Å²) in [5.41, 5.74) is 10.4. The zero-order chi connectivity index (χ0) is 20.3. The monoisotopic (exact) mass is 384 g/mol. The number of hydrogen-bond acceptors (Lipinski definition) is 3. The van der Waals surface area contributed by atoms with Gasteiger partial charge in [-0.05, 0) is 12.8 Å². The van der Waals surface area contributed by atoms with Crippen molar-refractivity contribution in [2.24, 2.45) is 16.5 Å². The first-order valence-electron chi connectivity index (χ1n) is 10.5. The summed E-state index contributed by atoms with van der Waals surface area (Å²) in [6.45, 7) is 2.42. The summed E-state index contributed by atoms with van der Waals surface area (Å²) >= 11 is 0. The van der Waals surface area contributed by atoms with Crippen molar-refractivity contribution >= 4 is 17.8 Å². The molecule has 1 amide bonds. The van der Waals surface area contributed by atoms with E-state index in [1.54, 1.807) is 0 Å². The molecule has 0 aliphatic heterocycles. The van der Waals surface area contributed by atoms with Crippen LogP contribution in [0.3, 0.4) is 0 Å². The van der Waals surface area contributed by atoms with E-state index in [2.05, 4.69) is 17.2 Å². The minimum Gasteiger partial charge on any atom is -0.480 e. The average Bonchev–Trinajstić information content (AvgIpc) is 2.61. The van der Waals surface area contributed by atoms with Crippen LogP contribution < -0.4 is 16.8 Å². The third-order valence-corrected chi connectivity index (χ3v) is 4.60. The minimum atomic E-state index is -1.07. The molecule has 0 aliphatic carbocycles. The number of guanidine groups is 1. The van der Waals surface area contributed by atoms with E-state index in [1.165, 1.54) is 57.8 Å². The molecule has 0 aromatic carbocycles. The highest BCUT2D eigenvalue weighted by Gasteiger charge is 2.19. The van der Waals surface area contributed by atoms with Crippen molar-refractivity contribution in [1.82, 2.24) is 5.32 Å². The van der Waals surface area contributed by atoms with Crippen LogP contribution in [0.4, 0.5) is 0 Å². The number of carboxylic acid groups (broad SMARTS) is 1. The molecule has 0 aromatic rings. The van der Waals surface area contributed by atoms with Crippen LogP contribution in [0.5, 0.6) is 0 Å². The summed E-state index contributed by atoms with van der Waals surface area (Å²) < 4.78 is 0. The van der Waals surface area contributed by atoms with Crippen LogP contribution in [0, 0.1) is 0 Å². The van der Waals surface area contributed by atoms with Crippen molar-refractivity contribution in [2.75, 3.05) is 6.54 Å². The van der Waals surface area contributed by atoms with Crippen LogP contribution >= 0.6 is 0 Å². The molecule has 7 heteroatoms. The number of rotatable bonds is 18. The molecule has 1 atom stereocenters. The van der Waals surface area contributed by atoms with E-state index in [9.17, 15) is 9.59 Å². The molecule has 0 spiro atoms. The Balaban J connectivity index is 3.61. The summed E-state index contributed by atoms with van der Waals surface area (Å²) in [6, 6.07) is -0.946. The maximum atomic E-state index is 11.9. The van der Waals surface area contributed by atoms with Gasteiger partial charge in [-0.2, -0.15) is 0 Å². The average molecular weight is 385 g/mol. The van der Waals surface area contributed by atoms with Gasteiger partial charge in [-0.1, -0.05) is 77.6 Å². The number of aliphatic carboxylic acids is 1. The third-order valence-electron chi connectivity index (χ3n) is 4.60. The Labute approximate surface area is 164 Å². The predicted molar refractivity (Wildman–Crippen MR) is 111 cm³/mol. The highest BCUT2D eigenvalue weighted by Crippen LogP contribution is 2.12. The van der Waals surface area contributed by atoms with Gasteiger partial charge < -0.3 is 21.9 Å². The first-order valence-corrected chi connectivity index (χ1v) is 10.5. The number of nitrogens with one attached hydrogen (secondary N) is 1. The van der Waals surface area contributed by atoms with Gasteiger partial charge in [0.2, 0.25) is 5.91 Å². The number of hydrogen-bond donors (Lipinski definition) is 4. The lowest BCUT2D eigenvalue weighted by atomic mass is 10.0. The lowest BCUT2D eigenvalue weighted by Gasteiger charge is -2.13. The molecule has 0 radical (unpaired) electrons. The molecule has 0 bridgehead atoms. The fraction of sp³-hybridized carbons (Fsp3) is 0.850. The van der Waals surface area contributed by atoms with Crippen molar-refractivity contribution in [2.45, 2.75) is 103 Å². The molecule has 7 nitrogen and oxygen atoms in total. The molecule has 0 aromatic heterocycles. The second kappa shape index (κ2) is 17.6. The molecule has 0 rings (SSSR count). The van der Waals surface area contributed by atoms with Crippen molar-refractivity contribution in [3.8, 4) is 0 Å². The van der Waals surface area contributed by atoms with Gasteiger partial charge in [0, 0.05) is 13.0 Å². The molecule has 27 heavy (non-hydrogen) atoms.